The number of nitrogens with zero attached hydrogens (tertiary/aromatic N) is 3. The molecule has 0 aliphatic carbocycles. The minimum Gasteiger partial charge on any atom is -0.334 e. The van der Waals surface area contributed by atoms with Gasteiger partial charge in [-0.1, -0.05) is 24.3 Å². The van der Waals surface area contributed by atoms with Crippen molar-refractivity contribution in [3.63, 3.8) is 0 Å². The second-order valence-corrected chi connectivity index (χ2v) is 6.06. The molecular weight excluding hydrogens is 317 g/mol. The normalized spacial score (nSPS) is 13.4. The van der Waals surface area contributed by atoms with Gasteiger partial charge in [0.1, 0.15) is 12.1 Å². The Hall–Kier alpha value is -3.08. The zero-order chi connectivity index (χ0) is 17.2. The first-order valence-corrected chi connectivity index (χ1v) is 8.14. The molecule has 25 heavy (non-hydrogen) atoms. The van der Waals surface area contributed by atoms with Gasteiger partial charge in [-0.05, 0) is 35.4 Å². The van der Waals surface area contributed by atoms with Gasteiger partial charge in [-0.3, -0.25) is 4.79 Å². The lowest BCUT2D eigenvalue weighted by atomic mass is 10.0. The van der Waals surface area contributed by atoms with E-state index in [0.29, 0.717) is 18.7 Å². The molecule has 124 valence electrons. The van der Waals surface area contributed by atoms with Crippen molar-refractivity contribution in [1.82, 2.24) is 14.9 Å². The van der Waals surface area contributed by atoms with Gasteiger partial charge in [0.05, 0.1) is 5.69 Å². The van der Waals surface area contributed by atoms with Crippen LogP contribution in [0.2, 0.25) is 0 Å². The molecular formula is C20H16FN3O. The highest BCUT2D eigenvalue weighted by Crippen LogP contribution is 2.22. The van der Waals surface area contributed by atoms with Crippen LogP contribution in [0.5, 0.6) is 0 Å². The van der Waals surface area contributed by atoms with Gasteiger partial charge in [0.2, 0.25) is 0 Å². The maximum Gasteiger partial charge on any atom is 0.254 e. The summed E-state index contributed by atoms with van der Waals surface area (Å²) in [6.45, 7) is 1.19. The van der Waals surface area contributed by atoms with Gasteiger partial charge in [0, 0.05) is 36.8 Å². The number of benzene rings is 2. The number of fused-ring (bicyclic) bond motifs is 1. The Balaban J connectivity index is 1.52. The van der Waals surface area contributed by atoms with Crippen molar-refractivity contribution in [1.29, 1.82) is 0 Å². The lowest BCUT2D eigenvalue weighted by Crippen LogP contribution is -2.36. The highest BCUT2D eigenvalue weighted by atomic mass is 19.1. The average molecular weight is 333 g/mol. The van der Waals surface area contributed by atoms with Crippen molar-refractivity contribution in [2.45, 2.75) is 13.0 Å². The van der Waals surface area contributed by atoms with E-state index in [2.05, 4.69) is 9.97 Å². The van der Waals surface area contributed by atoms with E-state index in [1.807, 2.05) is 29.2 Å². The van der Waals surface area contributed by atoms with E-state index < -0.39 is 0 Å². The molecule has 3 aromatic rings. The minimum atomic E-state index is -0.259. The fourth-order valence-electron chi connectivity index (χ4n) is 3.07. The van der Waals surface area contributed by atoms with E-state index in [9.17, 15) is 9.18 Å². The second kappa shape index (κ2) is 6.43. The molecule has 1 aliphatic rings. The second-order valence-electron chi connectivity index (χ2n) is 6.06. The number of amides is 1. The smallest absolute Gasteiger partial charge is 0.254 e. The van der Waals surface area contributed by atoms with Crippen LogP contribution in [0.4, 0.5) is 4.39 Å². The van der Waals surface area contributed by atoms with Crippen LogP contribution in [0.15, 0.2) is 61.1 Å². The summed E-state index contributed by atoms with van der Waals surface area (Å²) in [5.74, 6) is -0.259. The largest absolute Gasteiger partial charge is 0.334 e. The third-order valence-corrected chi connectivity index (χ3v) is 4.46. The molecule has 5 heteroatoms. The Bertz CT molecular complexity index is 907. The molecule has 0 unspecified atom stereocenters. The van der Waals surface area contributed by atoms with Gasteiger partial charge in [0.25, 0.3) is 5.91 Å². The molecule has 0 fully saturated rings. The fourth-order valence-corrected chi connectivity index (χ4v) is 3.07. The van der Waals surface area contributed by atoms with Crippen molar-refractivity contribution >= 4 is 5.91 Å². The van der Waals surface area contributed by atoms with Crippen LogP contribution in [0.3, 0.4) is 0 Å². The number of hydrogen-bond donors (Lipinski definition) is 0. The molecule has 0 bridgehead atoms. The van der Waals surface area contributed by atoms with E-state index in [-0.39, 0.29) is 11.7 Å². The number of carbonyl (C=O) groups is 1. The average Bonchev–Trinajstić information content (AvgIpc) is 2.68. The Morgan fingerprint density at radius 1 is 1.00 bits per heavy atom. The van der Waals surface area contributed by atoms with E-state index in [0.717, 1.165) is 28.8 Å². The standard InChI is InChI=1S/C20H16FN3O/c21-18-7-5-15(6-8-18)14-1-3-16(4-2-14)20(25)24-10-9-19-17(12-24)11-22-13-23-19/h1-8,11,13H,9-10,12H2. The summed E-state index contributed by atoms with van der Waals surface area (Å²) >= 11 is 0. The number of carbonyl (C=O) groups excluding carboxylic acids is 1. The molecule has 1 aliphatic heterocycles. The Labute approximate surface area is 145 Å². The predicted octanol–water partition coefficient (Wildman–Crippen LogP) is 3.48. The first-order chi connectivity index (χ1) is 12.2. The first-order valence-electron chi connectivity index (χ1n) is 8.14. The van der Waals surface area contributed by atoms with Crippen LogP contribution in [0.1, 0.15) is 21.6 Å². The van der Waals surface area contributed by atoms with Gasteiger partial charge in [-0.15, -0.1) is 0 Å². The van der Waals surface area contributed by atoms with Crippen LogP contribution < -0.4 is 0 Å². The Morgan fingerprint density at radius 2 is 1.68 bits per heavy atom. The maximum atomic E-state index is 13.0. The molecule has 4 nitrogen and oxygen atoms in total. The minimum absolute atomic E-state index is 0.000147. The summed E-state index contributed by atoms with van der Waals surface area (Å²) in [5, 5.41) is 0. The summed E-state index contributed by atoms with van der Waals surface area (Å²) in [4.78, 5) is 22.9. The molecule has 0 radical (unpaired) electrons. The zero-order valence-electron chi connectivity index (χ0n) is 13.5. The van der Waals surface area contributed by atoms with Crippen molar-refractivity contribution in [2.75, 3.05) is 6.54 Å². The molecule has 1 aromatic heterocycles. The van der Waals surface area contributed by atoms with Crippen molar-refractivity contribution in [3.05, 3.63) is 83.7 Å². The van der Waals surface area contributed by atoms with Gasteiger partial charge in [-0.25, -0.2) is 14.4 Å². The lowest BCUT2D eigenvalue weighted by Gasteiger charge is -2.28. The topological polar surface area (TPSA) is 46.1 Å². The van der Waals surface area contributed by atoms with Crippen LogP contribution >= 0.6 is 0 Å². The molecule has 0 spiro atoms. The molecule has 2 heterocycles. The van der Waals surface area contributed by atoms with Gasteiger partial charge in [0.15, 0.2) is 0 Å². The van der Waals surface area contributed by atoms with Crippen LogP contribution in [-0.2, 0) is 13.0 Å². The van der Waals surface area contributed by atoms with E-state index in [4.69, 9.17) is 0 Å². The van der Waals surface area contributed by atoms with Gasteiger partial charge >= 0.3 is 0 Å². The van der Waals surface area contributed by atoms with Crippen LogP contribution in [-0.4, -0.2) is 27.3 Å². The summed E-state index contributed by atoms with van der Waals surface area (Å²) in [7, 11) is 0. The molecule has 0 saturated heterocycles. The summed E-state index contributed by atoms with van der Waals surface area (Å²) in [6, 6.07) is 13.7. The highest BCUT2D eigenvalue weighted by Gasteiger charge is 2.22. The SMILES string of the molecule is O=C(c1ccc(-c2ccc(F)cc2)cc1)N1CCc2ncncc2C1. The third kappa shape index (κ3) is 3.13. The lowest BCUT2D eigenvalue weighted by molar-refractivity contribution is 0.0733. The summed E-state index contributed by atoms with van der Waals surface area (Å²) < 4.78 is 13.0. The Morgan fingerprint density at radius 3 is 2.40 bits per heavy atom. The van der Waals surface area contributed by atoms with Crippen molar-refractivity contribution < 1.29 is 9.18 Å². The number of rotatable bonds is 2. The molecule has 1 amide bonds. The zero-order valence-corrected chi connectivity index (χ0v) is 13.5. The fraction of sp³-hybridized carbons (Fsp3) is 0.150. The molecule has 0 saturated carbocycles. The van der Waals surface area contributed by atoms with E-state index in [1.54, 1.807) is 24.7 Å². The molecule has 0 N–H and O–H groups in total. The van der Waals surface area contributed by atoms with Crippen molar-refractivity contribution in [3.8, 4) is 11.1 Å². The molecule has 0 atom stereocenters. The third-order valence-electron chi connectivity index (χ3n) is 4.46. The number of halogens is 1. The van der Waals surface area contributed by atoms with Crippen molar-refractivity contribution in [2.24, 2.45) is 0 Å². The highest BCUT2D eigenvalue weighted by molar-refractivity contribution is 5.94. The summed E-state index contributed by atoms with van der Waals surface area (Å²) in [6.07, 6.45) is 4.07. The quantitative estimate of drug-likeness (QED) is 0.721. The van der Waals surface area contributed by atoms with E-state index >= 15 is 0 Å². The van der Waals surface area contributed by atoms with Crippen LogP contribution in [0.25, 0.3) is 11.1 Å². The van der Waals surface area contributed by atoms with E-state index in [1.165, 1.54) is 12.1 Å². The number of hydrogen-bond acceptors (Lipinski definition) is 3. The monoisotopic (exact) mass is 333 g/mol. The molecule has 2 aromatic carbocycles. The van der Waals surface area contributed by atoms with Crippen LogP contribution in [0, 0.1) is 5.82 Å². The number of aromatic nitrogens is 2. The van der Waals surface area contributed by atoms with Gasteiger partial charge in [-0.2, -0.15) is 0 Å². The predicted molar refractivity (Wildman–Crippen MR) is 92.3 cm³/mol. The maximum absolute atomic E-state index is 13.0. The van der Waals surface area contributed by atoms with Gasteiger partial charge < -0.3 is 4.90 Å². The first kappa shape index (κ1) is 15.4. The summed E-state index contributed by atoms with van der Waals surface area (Å²) in [5.41, 5.74) is 4.54. The molecule has 4 rings (SSSR count). The Kier molecular flexibility index (Phi) is 3.98.